The normalized spacial score (nSPS) is 15.2. The second-order valence-electron chi connectivity index (χ2n) is 7.10. The molecule has 160 valence electrons. The molecular weight excluding hydrogens is 402 g/mol. The van der Waals surface area contributed by atoms with Crippen LogP contribution >= 0.6 is 0 Å². The molecule has 0 bridgehead atoms. The van der Waals surface area contributed by atoms with Crippen molar-refractivity contribution in [3.8, 4) is 5.75 Å². The monoisotopic (exact) mass is 425 g/mol. The lowest BCUT2D eigenvalue weighted by Crippen LogP contribution is -2.28. The summed E-state index contributed by atoms with van der Waals surface area (Å²) in [5.41, 5.74) is 3.68. The summed E-state index contributed by atoms with van der Waals surface area (Å²) in [4.78, 5) is 12.3. The van der Waals surface area contributed by atoms with Crippen molar-refractivity contribution >= 4 is 23.6 Å². The van der Waals surface area contributed by atoms with E-state index in [9.17, 15) is 4.79 Å². The molecule has 0 fully saturated rings. The fourth-order valence-electron chi connectivity index (χ4n) is 3.38. The van der Waals surface area contributed by atoms with Crippen LogP contribution in [-0.4, -0.2) is 31.2 Å². The Morgan fingerprint density at radius 2 is 1.72 bits per heavy atom. The van der Waals surface area contributed by atoms with Crippen LogP contribution in [0.15, 0.2) is 101 Å². The SMILES string of the molecule is COc1cccc(/C=C/NC(=O)COC2=NN=C(c3ccccc3)C2c2ccccc2)c1. The third kappa shape index (κ3) is 5.10. The number of carbonyl (C=O) groups is 1. The number of benzene rings is 3. The van der Waals surface area contributed by atoms with Crippen molar-refractivity contribution in [2.75, 3.05) is 13.7 Å². The van der Waals surface area contributed by atoms with Crippen LogP contribution in [0.2, 0.25) is 0 Å². The summed E-state index contributed by atoms with van der Waals surface area (Å²) in [5, 5.41) is 11.3. The molecule has 1 aliphatic rings. The zero-order chi connectivity index (χ0) is 22.2. The molecule has 6 heteroatoms. The summed E-state index contributed by atoms with van der Waals surface area (Å²) >= 11 is 0. The van der Waals surface area contributed by atoms with Gasteiger partial charge in [-0.3, -0.25) is 4.79 Å². The van der Waals surface area contributed by atoms with E-state index in [1.165, 1.54) is 0 Å². The molecule has 1 atom stereocenters. The number of hydrogen-bond acceptors (Lipinski definition) is 5. The molecule has 1 amide bonds. The van der Waals surface area contributed by atoms with Gasteiger partial charge in [-0.25, -0.2) is 0 Å². The summed E-state index contributed by atoms with van der Waals surface area (Å²) in [6.45, 7) is -0.164. The zero-order valence-corrected chi connectivity index (χ0v) is 17.6. The van der Waals surface area contributed by atoms with Gasteiger partial charge in [-0.05, 0) is 34.9 Å². The third-order valence-electron chi connectivity index (χ3n) is 4.94. The topological polar surface area (TPSA) is 72.3 Å². The first-order chi connectivity index (χ1) is 15.7. The molecule has 0 radical (unpaired) electrons. The lowest BCUT2D eigenvalue weighted by Gasteiger charge is -2.16. The molecule has 3 aromatic carbocycles. The van der Waals surface area contributed by atoms with Crippen LogP contribution in [-0.2, 0) is 9.53 Å². The Morgan fingerprint density at radius 3 is 2.47 bits per heavy atom. The van der Waals surface area contributed by atoms with Crippen molar-refractivity contribution in [3.05, 3.63) is 108 Å². The highest BCUT2D eigenvalue weighted by atomic mass is 16.5. The third-order valence-corrected chi connectivity index (χ3v) is 4.94. The van der Waals surface area contributed by atoms with Gasteiger partial charge >= 0.3 is 0 Å². The van der Waals surface area contributed by atoms with Gasteiger partial charge in [0.2, 0.25) is 5.90 Å². The first kappa shape index (κ1) is 21.1. The van der Waals surface area contributed by atoms with Crippen molar-refractivity contribution in [2.45, 2.75) is 5.92 Å². The van der Waals surface area contributed by atoms with Gasteiger partial charge in [-0.2, -0.15) is 5.10 Å². The number of hydrogen-bond donors (Lipinski definition) is 1. The molecule has 1 unspecified atom stereocenters. The zero-order valence-electron chi connectivity index (χ0n) is 17.6. The van der Waals surface area contributed by atoms with Crippen LogP contribution in [0.25, 0.3) is 6.08 Å². The lowest BCUT2D eigenvalue weighted by molar-refractivity contribution is -0.122. The minimum absolute atomic E-state index is 0.164. The summed E-state index contributed by atoms with van der Waals surface area (Å²) in [6, 6.07) is 27.3. The highest BCUT2D eigenvalue weighted by molar-refractivity contribution is 6.19. The number of ether oxygens (including phenoxy) is 2. The van der Waals surface area contributed by atoms with Gasteiger partial charge in [0.05, 0.1) is 12.8 Å². The number of nitrogens with one attached hydrogen (secondary N) is 1. The van der Waals surface area contributed by atoms with E-state index in [-0.39, 0.29) is 18.4 Å². The molecule has 1 heterocycles. The van der Waals surface area contributed by atoms with E-state index in [0.29, 0.717) is 5.90 Å². The number of rotatable bonds is 7. The molecule has 32 heavy (non-hydrogen) atoms. The van der Waals surface area contributed by atoms with E-state index < -0.39 is 0 Å². The summed E-state index contributed by atoms with van der Waals surface area (Å²) in [7, 11) is 1.61. The molecule has 4 rings (SSSR count). The van der Waals surface area contributed by atoms with E-state index in [2.05, 4.69) is 15.5 Å². The summed E-state index contributed by atoms with van der Waals surface area (Å²) in [6.07, 6.45) is 3.37. The maximum atomic E-state index is 12.3. The second kappa shape index (κ2) is 10.2. The Bertz CT molecular complexity index is 1160. The molecule has 1 aliphatic heterocycles. The molecular formula is C26H23N3O3. The fraction of sp³-hybridized carbons (Fsp3) is 0.115. The molecule has 0 spiro atoms. The van der Waals surface area contributed by atoms with Crippen LogP contribution in [0.3, 0.4) is 0 Å². The maximum absolute atomic E-state index is 12.3. The molecule has 3 aromatic rings. The second-order valence-corrected chi connectivity index (χ2v) is 7.10. The molecule has 1 N–H and O–H groups in total. The highest BCUT2D eigenvalue weighted by Crippen LogP contribution is 2.28. The van der Waals surface area contributed by atoms with E-state index >= 15 is 0 Å². The van der Waals surface area contributed by atoms with Gasteiger partial charge in [0.15, 0.2) is 6.61 Å². The number of nitrogens with zero attached hydrogens (tertiary/aromatic N) is 2. The Hall–Kier alpha value is -4.19. The van der Waals surface area contributed by atoms with Crippen LogP contribution in [0.4, 0.5) is 0 Å². The van der Waals surface area contributed by atoms with Crippen molar-refractivity contribution in [2.24, 2.45) is 10.2 Å². The molecule has 0 saturated heterocycles. The Morgan fingerprint density at radius 1 is 0.969 bits per heavy atom. The predicted octanol–water partition coefficient (Wildman–Crippen LogP) is 4.40. The van der Waals surface area contributed by atoms with E-state index in [1.54, 1.807) is 19.4 Å². The lowest BCUT2D eigenvalue weighted by atomic mass is 9.90. The standard InChI is InChI=1S/C26H23N3O3/c1-31-22-14-8-9-19(17-22)15-16-27-23(30)18-32-26-24(20-10-4-2-5-11-20)25(28-29-26)21-12-6-3-7-13-21/h2-17,24H,18H2,1H3,(H,27,30)/b16-15+. The molecule has 0 saturated carbocycles. The molecule has 0 aliphatic carbocycles. The number of methoxy groups -OCH3 is 1. The smallest absolute Gasteiger partial charge is 0.261 e. The van der Waals surface area contributed by atoms with Crippen molar-refractivity contribution < 1.29 is 14.3 Å². The predicted molar refractivity (Wildman–Crippen MR) is 126 cm³/mol. The van der Waals surface area contributed by atoms with Gasteiger partial charge in [0, 0.05) is 6.20 Å². The average Bonchev–Trinajstić information content (AvgIpc) is 3.28. The van der Waals surface area contributed by atoms with Crippen LogP contribution in [0, 0.1) is 0 Å². The van der Waals surface area contributed by atoms with Crippen molar-refractivity contribution in [3.63, 3.8) is 0 Å². The van der Waals surface area contributed by atoms with Crippen LogP contribution in [0.5, 0.6) is 5.75 Å². The van der Waals surface area contributed by atoms with Crippen LogP contribution in [0.1, 0.15) is 22.6 Å². The van der Waals surface area contributed by atoms with E-state index in [1.807, 2.05) is 84.9 Å². The van der Waals surface area contributed by atoms with Crippen molar-refractivity contribution in [1.29, 1.82) is 0 Å². The largest absolute Gasteiger partial charge is 0.497 e. The van der Waals surface area contributed by atoms with E-state index in [0.717, 1.165) is 28.2 Å². The summed E-state index contributed by atoms with van der Waals surface area (Å²) in [5.74, 6) is 0.606. The Kier molecular flexibility index (Phi) is 6.72. The average molecular weight is 425 g/mol. The first-order valence-corrected chi connectivity index (χ1v) is 10.2. The first-order valence-electron chi connectivity index (χ1n) is 10.2. The minimum atomic E-state index is -0.285. The van der Waals surface area contributed by atoms with Gasteiger partial charge in [-0.1, -0.05) is 72.8 Å². The maximum Gasteiger partial charge on any atom is 0.261 e. The van der Waals surface area contributed by atoms with Gasteiger partial charge in [0.1, 0.15) is 11.7 Å². The quantitative estimate of drug-likeness (QED) is 0.610. The number of carbonyl (C=O) groups excluding carboxylic acids is 1. The van der Waals surface area contributed by atoms with Crippen LogP contribution < -0.4 is 10.1 Å². The van der Waals surface area contributed by atoms with Crippen molar-refractivity contribution in [1.82, 2.24) is 5.32 Å². The Labute approximate surface area is 186 Å². The molecule has 0 aromatic heterocycles. The Balaban J connectivity index is 1.39. The summed E-state index contributed by atoms with van der Waals surface area (Å²) < 4.78 is 11.0. The molecule has 6 nitrogen and oxygen atoms in total. The van der Waals surface area contributed by atoms with E-state index in [4.69, 9.17) is 9.47 Å². The minimum Gasteiger partial charge on any atom is -0.497 e. The number of amides is 1. The van der Waals surface area contributed by atoms with Gasteiger partial charge in [0.25, 0.3) is 5.91 Å². The van der Waals surface area contributed by atoms with Gasteiger partial charge < -0.3 is 14.8 Å². The van der Waals surface area contributed by atoms with Gasteiger partial charge in [-0.15, -0.1) is 5.10 Å². The highest BCUT2D eigenvalue weighted by Gasteiger charge is 2.31. The fourth-order valence-corrected chi connectivity index (χ4v) is 3.38.